The number of halogens is 1. The number of allylic oxidation sites excluding steroid dienone is 1. The van der Waals surface area contributed by atoms with Crippen LogP contribution in [0.2, 0.25) is 0 Å². The summed E-state index contributed by atoms with van der Waals surface area (Å²) in [7, 11) is 0. The lowest BCUT2D eigenvalue weighted by atomic mass is 9.99. The van der Waals surface area contributed by atoms with E-state index in [4.69, 9.17) is 4.74 Å². The fourth-order valence-electron chi connectivity index (χ4n) is 5.67. The number of hydrogen-bond acceptors (Lipinski definition) is 8. The Balaban J connectivity index is 1.45. The lowest BCUT2D eigenvalue weighted by molar-refractivity contribution is -0.104. The maximum Gasteiger partial charge on any atom is 0.410 e. The maximum atomic E-state index is 16.0. The van der Waals surface area contributed by atoms with Crippen LogP contribution in [0.15, 0.2) is 73.1 Å². The van der Waals surface area contributed by atoms with Crippen molar-refractivity contribution in [3.05, 3.63) is 90.0 Å². The molecule has 6 rings (SSSR count). The fraction of sp³-hybridized carbons (Fsp3) is 0.265. The van der Waals surface area contributed by atoms with E-state index in [1.807, 2.05) is 18.2 Å². The van der Waals surface area contributed by atoms with Gasteiger partial charge < -0.3 is 9.64 Å². The Morgan fingerprint density at radius 3 is 2.70 bits per heavy atom. The van der Waals surface area contributed by atoms with E-state index < -0.39 is 29.5 Å². The molecule has 0 N–H and O–H groups in total. The molecule has 0 unspecified atom stereocenters. The number of hydrogen-bond donors (Lipinski definition) is 0. The number of nitrogens with zero attached hydrogens (tertiary/aromatic N) is 7. The predicted octanol–water partition coefficient (Wildman–Crippen LogP) is 5.76. The lowest BCUT2D eigenvalue weighted by Crippen LogP contribution is -2.53. The molecule has 0 bridgehead atoms. The van der Waals surface area contributed by atoms with Crippen LogP contribution in [-0.2, 0) is 9.53 Å². The molecule has 1 aliphatic heterocycles. The average Bonchev–Trinajstić information content (AvgIpc) is 3.47. The van der Waals surface area contributed by atoms with Gasteiger partial charge in [0.15, 0.2) is 5.65 Å². The van der Waals surface area contributed by atoms with Gasteiger partial charge in [-0.1, -0.05) is 29.5 Å². The molecule has 2 aromatic carbocycles. The van der Waals surface area contributed by atoms with Crippen LogP contribution in [-0.4, -0.2) is 72.9 Å². The van der Waals surface area contributed by atoms with E-state index in [1.54, 1.807) is 68.4 Å². The van der Waals surface area contributed by atoms with E-state index in [-0.39, 0.29) is 12.1 Å². The number of ether oxygens (including phenoxy) is 1. The Labute approximate surface area is 264 Å². The SMILES string of the molecule is CC(C)(C)OC(=O)N1CCC[C@@H](N(C(=O)c2ccc(-n3nnc4cccnc43)cc2F)c2nccc3cccc(/C=C/C=O)c23)C1. The second-order valence-electron chi connectivity index (χ2n) is 12.0. The van der Waals surface area contributed by atoms with E-state index in [1.165, 1.54) is 27.8 Å². The van der Waals surface area contributed by atoms with Crippen molar-refractivity contribution < 1.29 is 23.5 Å². The summed E-state index contributed by atoms with van der Waals surface area (Å²) in [5, 5.41) is 9.58. The molecule has 1 fully saturated rings. The molecule has 5 aromatic rings. The number of carbonyl (C=O) groups is 3. The van der Waals surface area contributed by atoms with Crippen LogP contribution in [0.4, 0.5) is 15.0 Å². The van der Waals surface area contributed by atoms with Gasteiger partial charge in [0, 0.05) is 36.9 Å². The van der Waals surface area contributed by atoms with E-state index in [2.05, 4.69) is 20.3 Å². The highest BCUT2D eigenvalue weighted by atomic mass is 19.1. The Bertz CT molecular complexity index is 1980. The first-order valence-electron chi connectivity index (χ1n) is 14.9. The van der Waals surface area contributed by atoms with Gasteiger partial charge in [-0.25, -0.2) is 19.2 Å². The standard InChI is InChI=1S/C34H32FN7O4/c1-34(2,3)46-33(45)40-18-6-11-25(21-40)41(31-29-22(10-7-19-43)8-4-9-23(29)15-17-37-31)32(44)26-14-13-24(20-27(26)35)42-30-28(38-39-42)12-5-16-36-30/h4-5,7-10,12-17,19-20,25H,6,11,18,21H2,1-3H3/b10-7+/t25-/m1/s1. The first-order chi connectivity index (χ1) is 22.1. The molecule has 1 aliphatic rings. The first kappa shape index (κ1) is 30.5. The zero-order chi connectivity index (χ0) is 32.4. The molecular formula is C34H32FN7O4. The zero-order valence-electron chi connectivity index (χ0n) is 25.6. The van der Waals surface area contributed by atoms with Crippen LogP contribution in [0.3, 0.4) is 0 Å². The molecule has 46 heavy (non-hydrogen) atoms. The van der Waals surface area contributed by atoms with Crippen LogP contribution in [0, 0.1) is 5.82 Å². The van der Waals surface area contributed by atoms with E-state index >= 15 is 4.39 Å². The second kappa shape index (κ2) is 12.5. The molecule has 11 nitrogen and oxygen atoms in total. The minimum absolute atomic E-state index is 0.154. The topological polar surface area (TPSA) is 123 Å². The summed E-state index contributed by atoms with van der Waals surface area (Å²) in [5.74, 6) is -1.11. The average molecular weight is 622 g/mol. The van der Waals surface area contributed by atoms with Crippen molar-refractivity contribution in [2.45, 2.75) is 45.3 Å². The minimum atomic E-state index is -0.770. The molecule has 2 amide bonds. The zero-order valence-corrected chi connectivity index (χ0v) is 25.6. The number of fused-ring (bicyclic) bond motifs is 2. The molecule has 0 aliphatic carbocycles. The number of likely N-dealkylation sites (tertiary alicyclic amines) is 1. The number of aromatic nitrogens is 5. The van der Waals surface area contributed by atoms with Crippen molar-refractivity contribution in [1.82, 2.24) is 29.9 Å². The summed E-state index contributed by atoms with van der Waals surface area (Å²) in [6.45, 7) is 5.98. The number of anilines is 1. The van der Waals surface area contributed by atoms with Crippen LogP contribution in [0.25, 0.3) is 33.7 Å². The quantitative estimate of drug-likeness (QED) is 0.173. The van der Waals surface area contributed by atoms with Gasteiger partial charge in [-0.3, -0.25) is 14.5 Å². The number of piperidine rings is 1. The van der Waals surface area contributed by atoms with Gasteiger partial charge in [0.2, 0.25) is 0 Å². The highest BCUT2D eigenvalue weighted by molar-refractivity contribution is 6.12. The highest BCUT2D eigenvalue weighted by Crippen LogP contribution is 2.34. The van der Waals surface area contributed by atoms with Crippen LogP contribution in [0.1, 0.15) is 49.5 Å². The normalized spacial score (nSPS) is 15.4. The maximum absolute atomic E-state index is 16.0. The third kappa shape index (κ3) is 6.06. The van der Waals surface area contributed by atoms with Gasteiger partial charge in [-0.15, -0.1) is 5.10 Å². The van der Waals surface area contributed by atoms with Crippen molar-refractivity contribution in [3.63, 3.8) is 0 Å². The second-order valence-corrected chi connectivity index (χ2v) is 12.0. The molecule has 234 valence electrons. The van der Waals surface area contributed by atoms with E-state index in [9.17, 15) is 14.4 Å². The van der Waals surface area contributed by atoms with Crippen molar-refractivity contribution in [2.75, 3.05) is 18.0 Å². The molecule has 3 aromatic heterocycles. The number of aldehydes is 1. The van der Waals surface area contributed by atoms with Gasteiger partial charge in [0.05, 0.1) is 17.3 Å². The largest absolute Gasteiger partial charge is 0.444 e. The summed E-state index contributed by atoms with van der Waals surface area (Å²) in [4.78, 5) is 50.9. The molecule has 0 radical (unpaired) electrons. The number of carbonyl (C=O) groups excluding carboxylic acids is 3. The van der Waals surface area contributed by atoms with Gasteiger partial charge >= 0.3 is 6.09 Å². The summed E-state index contributed by atoms with van der Waals surface area (Å²) in [6.07, 6.45) is 7.48. The van der Waals surface area contributed by atoms with Crippen molar-refractivity contribution in [1.29, 1.82) is 0 Å². The van der Waals surface area contributed by atoms with Crippen LogP contribution in [0.5, 0.6) is 0 Å². The predicted molar refractivity (Wildman–Crippen MR) is 171 cm³/mol. The summed E-state index contributed by atoms with van der Waals surface area (Å²) in [6, 6.07) is 14.5. The number of rotatable bonds is 6. The summed E-state index contributed by atoms with van der Waals surface area (Å²) >= 11 is 0. The molecule has 0 spiro atoms. The summed E-state index contributed by atoms with van der Waals surface area (Å²) in [5.41, 5.74) is 1.11. The van der Waals surface area contributed by atoms with E-state index in [0.29, 0.717) is 59.3 Å². The van der Waals surface area contributed by atoms with Crippen molar-refractivity contribution in [3.8, 4) is 5.69 Å². The molecule has 12 heteroatoms. The van der Waals surface area contributed by atoms with Crippen LogP contribution < -0.4 is 4.90 Å². The van der Waals surface area contributed by atoms with Gasteiger partial charge in [-0.05, 0) is 81.0 Å². The smallest absolute Gasteiger partial charge is 0.410 e. The third-order valence-electron chi connectivity index (χ3n) is 7.65. The first-order valence-corrected chi connectivity index (χ1v) is 14.9. The molecule has 4 heterocycles. The number of benzene rings is 2. The number of pyridine rings is 2. The molecule has 0 saturated carbocycles. The third-order valence-corrected chi connectivity index (χ3v) is 7.65. The fourth-order valence-corrected chi connectivity index (χ4v) is 5.67. The Morgan fingerprint density at radius 1 is 1.07 bits per heavy atom. The van der Waals surface area contributed by atoms with Crippen molar-refractivity contribution in [2.24, 2.45) is 0 Å². The Hall–Kier alpha value is -5.52. The van der Waals surface area contributed by atoms with Gasteiger partial charge in [-0.2, -0.15) is 4.68 Å². The van der Waals surface area contributed by atoms with Crippen LogP contribution >= 0.6 is 0 Å². The van der Waals surface area contributed by atoms with Crippen molar-refractivity contribution >= 4 is 52.1 Å². The van der Waals surface area contributed by atoms with E-state index in [0.717, 1.165) is 5.39 Å². The highest BCUT2D eigenvalue weighted by Gasteiger charge is 2.36. The summed E-state index contributed by atoms with van der Waals surface area (Å²) < 4.78 is 23.0. The van der Waals surface area contributed by atoms with Gasteiger partial charge in [0.1, 0.15) is 29.0 Å². The Kier molecular flexibility index (Phi) is 8.27. The lowest BCUT2D eigenvalue weighted by Gasteiger charge is -2.39. The molecule has 1 saturated heterocycles. The molecular weight excluding hydrogens is 589 g/mol. The van der Waals surface area contributed by atoms with Gasteiger partial charge in [0.25, 0.3) is 5.91 Å². The Morgan fingerprint density at radius 2 is 1.91 bits per heavy atom. The molecule has 1 atom stereocenters. The minimum Gasteiger partial charge on any atom is -0.444 e. The number of amides is 2. The monoisotopic (exact) mass is 621 g/mol.